The van der Waals surface area contributed by atoms with Gasteiger partial charge in [0, 0.05) is 22.8 Å². The van der Waals surface area contributed by atoms with Gasteiger partial charge in [-0.3, -0.25) is 4.98 Å². The van der Waals surface area contributed by atoms with Crippen LogP contribution in [0, 0.1) is 5.82 Å². The Morgan fingerprint density at radius 1 is 0.955 bits per heavy atom. The summed E-state index contributed by atoms with van der Waals surface area (Å²) >= 11 is 0. The van der Waals surface area contributed by atoms with Gasteiger partial charge in [-0.05, 0) is 35.9 Å². The molecule has 4 aromatic rings. The zero-order chi connectivity index (χ0) is 14.7. The number of benzene rings is 2. The van der Waals surface area contributed by atoms with Gasteiger partial charge < -0.3 is 5.32 Å². The van der Waals surface area contributed by atoms with Gasteiger partial charge in [0.1, 0.15) is 11.6 Å². The molecule has 0 unspecified atom stereocenters. The second kappa shape index (κ2) is 4.01. The molecule has 0 atom stereocenters. The van der Waals surface area contributed by atoms with E-state index in [1.165, 1.54) is 6.07 Å². The Morgan fingerprint density at radius 2 is 1.86 bits per heavy atom. The molecule has 0 radical (unpaired) electrons. The van der Waals surface area contributed by atoms with Crippen LogP contribution < -0.4 is 5.32 Å². The Bertz CT molecular complexity index is 1070. The molecule has 0 aliphatic carbocycles. The molecule has 1 aliphatic heterocycles. The van der Waals surface area contributed by atoms with E-state index in [0.717, 1.165) is 44.4 Å². The Morgan fingerprint density at radius 3 is 2.82 bits per heavy atom. The fourth-order valence-electron chi connectivity index (χ4n) is 3.14. The van der Waals surface area contributed by atoms with Gasteiger partial charge in [-0.15, -0.1) is 0 Å². The predicted octanol–water partition coefficient (Wildman–Crippen LogP) is 4.65. The Kier molecular flexibility index (Phi) is 2.12. The van der Waals surface area contributed by atoms with Crippen LogP contribution in [0.3, 0.4) is 0 Å². The minimum atomic E-state index is -0.247. The summed E-state index contributed by atoms with van der Waals surface area (Å²) in [6, 6.07) is 14.6. The molecule has 1 aliphatic rings. The zero-order valence-electron chi connectivity index (χ0n) is 11.5. The Balaban J connectivity index is 2.01. The Hall–Kier alpha value is -3.01. The van der Waals surface area contributed by atoms with Crippen molar-refractivity contribution < 1.29 is 4.39 Å². The van der Waals surface area contributed by atoms with E-state index in [4.69, 9.17) is 4.98 Å². The number of anilines is 2. The highest BCUT2D eigenvalue weighted by molar-refractivity contribution is 6.16. The molecule has 2 aromatic carbocycles. The molecule has 104 valence electrons. The summed E-state index contributed by atoms with van der Waals surface area (Å²) in [6.07, 6.45) is 1.77. The first-order chi connectivity index (χ1) is 10.8. The number of nitrogens with zero attached hydrogens (tertiary/aromatic N) is 2. The summed E-state index contributed by atoms with van der Waals surface area (Å²) in [4.78, 5) is 9.24. The van der Waals surface area contributed by atoms with Crippen molar-refractivity contribution in [2.45, 2.75) is 0 Å². The number of hydrogen-bond donors (Lipinski definition) is 1. The van der Waals surface area contributed by atoms with Crippen LogP contribution >= 0.6 is 0 Å². The highest BCUT2D eigenvalue weighted by Crippen LogP contribution is 2.43. The maximum Gasteiger partial charge on any atom is 0.141 e. The first-order valence-electron chi connectivity index (χ1n) is 7.06. The molecule has 0 saturated carbocycles. The van der Waals surface area contributed by atoms with Gasteiger partial charge in [0.25, 0.3) is 0 Å². The molecule has 22 heavy (non-hydrogen) atoms. The summed E-state index contributed by atoms with van der Waals surface area (Å²) < 4.78 is 13.6. The molecule has 3 heterocycles. The minimum Gasteiger partial charge on any atom is -0.339 e. The van der Waals surface area contributed by atoms with Gasteiger partial charge in [-0.1, -0.05) is 18.2 Å². The van der Waals surface area contributed by atoms with E-state index in [9.17, 15) is 4.39 Å². The van der Waals surface area contributed by atoms with E-state index in [0.29, 0.717) is 0 Å². The smallest absolute Gasteiger partial charge is 0.141 e. The van der Waals surface area contributed by atoms with Crippen molar-refractivity contribution in [3.8, 4) is 11.1 Å². The highest BCUT2D eigenvalue weighted by atomic mass is 19.1. The largest absolute Gasteiger partial charge is 0.339 e. The number of pyridine rings is 2. The van der Waals surface area contributed by atoms with Crippen LogP contribution in [0.25, 0.3) is 32.9 Å². The minimum absolute atomic E-state index is 0.247. The number of fused-ring (bicyclic) bond motifs is 4. The van der Waals surface area contributed by atoms with Gasteiger partial charge in [-0.25, -0.2) is 9.37 Å². The second-order valence-electron chi connectivity index (χ2n) is 5.37. The van der Waals surface area contributed by atoms with Crippen LogP contribution in [-0.4, -0.2) is 9.97 Å². The molecule has 0 amide bonds. The maximum atomic E-state index is 13.6. The molecule has 1 N–H and O–H groups in total. The first-order valence-corrected chi connectivity index (χ1v) is 7.06. The average Bonchev–Trinajstić information content (AvgIpc) is 2.56. The van der Waals surface area contributed by atoms with Crippen LogP contribution in [0.5, 0.6) is 0 Å². The summed E-state index contributed by atoms with van der Waals surface area (Å²) in [7, 11) is 0. The van der Waals surface area contributed by atoms with E-state index < -0.39 is 0 Å². The van der Waals surface area contributed by atoms with E-state index in [1.54, 1.807) is 18.3 Å². The zero-order valence-corrected chi connectivity index (χ0v) is 11.5. The average molecular weight is 287 g/mol. The van der Waals surface area contributed by atoms with Gasteiger partial charge in [0.15, 0.2) is 0 Å². The van der Waals surface area contributed by atoms with Gasteiger partial charge >= 0.3 is 0 Å². The molecule has 0 saturated heterocycles. The van der Waals surface area contributed by atoms with Crippen molar-refractivity contribution in [1.29, 1.82) is 0 Å². The first kappa shape index (κ1) is 11.6. The van der Waals surface area contributed by atoms with Crippen molar-refractivity contribution in [2.24, 2.45) is 0 Å². The molecular weight excluding hydrogens is 277 g/mol. The highest BCUT2D eigenvalue weighted by Gasteiger charge is 2.21. The molecule has 2 aromatic heterocycles. The lowest BCUT2D eigenvalue weighted by Crippen LogP contribution is -2.04. The molecule has 0 bridgehead atoms. The number of aromatic nitrogens is 2. The summed E-state index contributed by atoms with van der Waals surface area (Å²) in [5, 5.41) is 5.25. The quantitative estimate of drug-likeness (QED) is 0.421. The van der Waals surface area contributed by atoms with Crippen molar-refractivity contribution in [3.05, 3.63) is 60.5 Å². The third-order valence-electron chi connectivity index (χ3n) is 4.10. The van der Waals surface area contributed by atoms with Gasteiger partial charge in [0.2, 0.25) is 0 Å². The fraction of sp³-hybridized carbons (Fsp3) is 0. The van der Waals surface area contributed by atoms with Crippen molar-refractivity contribution >= 4 is 33.3 Å². The molecule has 3 nitrogen and oxygen atoms in total. The number of rotatable bonds is 0. The van der Waals surface area contributed by atoms with E-state index in [2.05, 4.69) is 10.3 Å². The summed E-state index contributed by atoms with van der Waals surface area (Å²) in [6.45, 7) is 0. The van der Waals surface area contributed by atoms with E-state index in [-0.39, 0.29) is 5.82 Å². The third kappa shape index (κ3) is 1.44. The van der Waals surface area contributed by atoms with Crippen LogP contribution in [0.4, 0.5) is 15.9 Å². The molecular formula is C18H10FN3. The lowest BCUT2D eigenvalue weighted by molar-refractivity contribution is 0.628. The Labute approximate surface area is 125 Å². The van der Waals surface area contributed by atoms with Gasteiger partial charge in [-0.2, -0.15) is 0 Å². The normalized spacial score (nSPS) is 12.2. The van der Waals surface area contributed by atoms with E-state index in [1.807, 2.05) is 30.3 Å². The SMILES string of the molecule is Fc1ccc2c(c1)-c1ccnc3c1c(nc1ccccc13)N2. The lowest BCUT2D eigenvalue weighted by atomic mass is 9.95. The van der Waals surface area contributed by atoms with Crippen molar-refractivity contribution in [2.75, 3.05) is 5.32 Å². The third-order valence-corrected chi connectivity index (χ3v) is 4.10. The van der Waals surface area contributed by atoms with E-state index >= 15 is 0 Å². The van der Waals surface area contributed by atoms with Crippen LogP contribution in [0.2, 0.25) is 0 Å². The van der Waals surface area contributed by atoms with Crippen LogP contribution in [0.1, 0.15) is 0 Å². The maximum absolute atomic E-state index is 13.6. The lowest BCUT2D eigenvalue weighted by Gasteiger charge is -2.21. The fourth-order valence-corrected chi connectivity index (χ4v) is 3.14. The number of para-hydroxylation sites is 1. The molecule has 0 spiro atoms. The standard InChI is InChI=1S/C18H10FN3/c19-10-5-6-15-13(9-10)11-7-8-20-17-12-3-1-2-4-14(12)21-18(22-15)16(11)17/h1-9H,(H,21,22). The van der Waals surface area contributed by atoms with Crippen molar-refractivity contribution in [3.63, 3.8) is 0 Å². The van der Waals surface area contributed by atoms with Crippen molar-refractivity contribution in [1.82, 2.24) is 9.97 Å². The molecule has 4 heteroatoms. The number of halogens is 1. The molecule has 5 rings (SSSR count). The number of nitrogens with one attached hydrogen (secondary N) is 1. The number of hydrogen-bond acceptors (Lipinski definition) is 3. The topological polar surface area (TPSA) is 37.8 Å². The summed E-state index contributed by atoms with van der Waals surface area (Å²) in [5.74, 6) is 0.526. The predicted molar refractivity (Wildman–Crippen MR) is 85.7 cm³/mol. The second-order valence-corrected chi connectivity index (χ2v) is 5.37. The van der Waals surface area contributed by atoms with Crippen LogP contribution in [0.15, 0.2) is 54.7 Å². The van der Waals surface area contributed by atoms with Gasteiger partial charge in [0.05, 0.1) is 16.4 Å². The monoisotopic (exact) mass is 287 g/mol. The summed E-state index contributed by atoms with van der Waals surface area (Å²) in [5.41, 5.74) is 4.46. The van der Waals surface area contributed by atoms with Crippen LogP contribution in [-0.2, 0) is 0 Å². The molecule has 0 fully saturated rings.